The summed E-state index contributed by atoms with van der Waals surface area (Å²) in [6.07, 6.45) is -7.79. The molecule has 0 aromatic rings. The number of alkyl halides is 3. The fourth-order valence-corrected chi connectivity index (χ4v) is 0.469. The van der Waals surface area contributed by atoms with Crippen LogP contribution in [0.2, 0.25) is 0 Å². The van der Waals surface area contributed by atoms with Crippen molar-refractivity contribution in [2.75, 3.05) is 7.11 Å². The Bertz CT molecular complexity index is 170. The Labute approximate surface area is 66.1 Å². The van der Waals surface area contributed by atoms with E-state index < -0.39 is 24.3 Å². The van der Waals surface area contributed by atoms with Crippen LogP contribution in [0.3, 0.4) is 0 Å². The summed E-state index contributed by atoms with van der Waals surface area (Å²) in [5, 5.41) is 8.40. The third-order valence-electron chi connectivity index (χ3n) is 1.15. The molecule has 7 heteroatoms. The number of halogens is 3. The van der Waals surface area contributed by atoms with Crippen LogP contribution in [0.25, 0.3) is 0 Å². The summed E-state index contributed by atoms with van der Waals surface area (Å²) in [4.78, 5) is 10.4. The normalized spacial score (nSPS) is 16.8. The molecule has 0 rings (SSSR count). The molecular formula is C5H8F3NO3. The van der Waals surface area contributed by atoms with Gasteiger partial charge in [-0.25, -0.2) is 0 Å². The monoisotopic (exact) mass is 187 g/mol. The van der Waals surface area contributed by atoms with Crippen molar-refractivity contribution in [3.8, 4) is 0 Å². The van der Waals surface area contributed by atoms with Crippen LogP contribution in [0.1, 0.15) is 0 Å². The van der Waals surface area contributed by atoms with Gasteiger partial charge in [0.25, 0.3) is 0 Å². The second kappa shape index (κ2) is 3.72. The number of esters is 1. The van der Waals surface area contributed by atoms with Crippen LogP contribution in [-0.4, -0.2) is 36.5 Å². The molecule has 0 bridgehead atoms. The van der Waals surface area contributed by atoms with E-state index in [1.165, 1.54) is 0 Å². The van der Waals surface area contributed by atoms with Gasteiger partial charge in [0.1, 0.15) is 6.04 Å². The molecule has 4 nitrogen and oxygen atoms in total. The average molecular weight is 187 g/mol. The van der Waals surface area contributed by atoms with Crippen LogP contribution in [0.5, 0.6) is 0 Å². The molecule has 0 heterocycles. The minimum Gasteiger partial charge on any atom is -0.468 e. The lowest BCUT2D eigenvalue weighted by Crippen LogP contribution is -2.50. The van der Waals surface area contributed by atoms with E-state index in [9.17, 15) is 18.0 Å². The molecule has 0 aliphatic carbocycles. The fourth-order valence-electron chi connectivity index (χ4n) is 0.469. The molecule has 0 spiro atoms. The first-order valence-corrected chi connectivity index (χ1v) is 2.89. The topological polar surface area (TPSA) is 72.5 Å². The van der Waals surface area contributed by atoms with Crippen LogP contribution in [-0.2, 0) is 9.53 Å². The largest absolute Gasteiger partial charge is 0.468 e. The quantitative estimate of drug-likeness (QED) is 0.567. The SMILES string of the molecule is COC(=O)C(N)C(O)C(F)(F)F. The Morgan fingerprint density at radius 2 is 2.00 bits per heavy atom. The van der Waals surface area contributed by atoms with Crippen LogP contribution in [0.4, 0.5) is 13.2 Å². The summed E-state index contributed by atoms with van der Waals surface area (Å²) < 4.78 is 38.9. The molecule has 2 unspecified atom stereocenters. The maximum absolute atomic E-state index is 11.7. The van der Waals surface area contributed by atoms with Gasteiger partial charge in [0, 0.05) is 0 Å². The van der Waals surface area contributed by atoms with Crippen LogP contribution < -0.4 is 5.73 Å². The third kappa shape index (κ3) is 2.67. The van der Waals surface area contributed by atoms with Crippen molar-refractivity contribution in [3.05, 3.63) is 0 Å². The molecule has 0 aliphatic rings. The lowest BCUT2D eigenvalue weighted by Gasteiger charge is -2.18. The molecule has 0 fully saturated rings. The molecule has 72 valence electrons. The number of carbonyl (C=O) groups excluding carboxylic acids is 1. The van der Waals surface area contributed by atoms with Crippen LogP contribution in [0.15, 0.2) is 0 Å². The van der Waals surface area contributed by atoms with Gasteiger partial charge in [0.15, 0.2) is 6.10 Å². The molecule has 0 aliphatic heterocycles. The molecule has 0 radical (unpaired) electrons. The van der Waals surface area contributed by atoms with E-state index in [1.807, 2.05) is 0 Å². The first kappa shape index (κ1) is 11.2. The van der Waals surface area contributed by atoms with Crippen molar-refractivity contribution < 1.29 is 27.8 Å². The number of ether oxygens (including phenoxy) is 1. The van der Waals surface area contributed by atoms with Gasteiger partial charge in [0.2, 0.25) is 0 Å². The number of hydrogen-bond acceptors (Lipinski definition) is 4. The first-order valence-electron chi connectivity index (χ1n) is 2.89. The highest BCUT2D eigenvalue weighted by molar-refractivity contribution is 5.76. The average Bonchev–Trinajstić information content (AvgIpc) is 1.98. The van der Waals surface area contributed by atoms with E-state index in [2.05, 4.69) is 4.74 Å². The summed E-state index contributed by atoms with van der Waals surface area (Å²) >= 11 is 0. The number of aliphatic hydroxyl groups excluding tert-OH is 1. The van der Waals surface area contributed by atoms with Crippen LogP contribution in [0, 0.1) is 0 Å². The predicted octanol–water partition coefficient (Wildman–Crippen LogP) is -0.590. The summed E-state index contributed by atoms with van der Waals surface area (Å²) in [5.41, 5.74) is 4.71. The Balaban J connectivity index is 4.29. The highest BCUT2D eigenvalue weighted by Gasteiger charge is 2.45. The number of aliphatic hydroxyl groups is 1. The highest BCUT2D eigenvalue weighted by Crippen LogP contribution is 2.21. The Hall–Kier alpha value is -0.820. The minimum absolute atomic E-state index is 0.880. The lowest BCUT2D eigenvalue weighted by atomic mass is 10.2. The maximum Gasteiger partial charge on any atom is 0.416 e. The molecule has 2 atom stereocenters. The van der Waals surface area contributed by atoms with E-state index in [-0.39, 0.29) is 0 Å². The van der Waals surface area contributed by atoms with Crippen molar-refractivity contribution in [2.45, 2.75) is 18.3 Å². The zero-order valence-corrected chi connectivity index (χ0v) is 6.13. The zero-order chi connectivity index (χ0) is 9.94. The minimum atomic E-state index is -4.91. The van der Waals surface area contributed by atoms with Crippen molar-refractivity contribution >= 4 is 5.97 Å². The molecule has 0 saturated carbocycles. The van der Waals surface area contributed by atoms with Crippen molar-refractivity contribution in [2.24, 2.45) is 5.73 Å². The highest BCUT2D eigenvalue weighted by atomic mass is 19.4. The van der Waals surface area contributed by atoms with Gasteiger partial charge in [0.05, 0.1) is 7.11 Å². The van der Waals surface area contributed by atoms with E-state index in [0.29, 0.717) is 0 Å². The molecule has 3 N–H and O–H groups in total. The van der Waals surface area contributed by atoms with E-state index in [4.69, 9.17) is 10.8 Å². The summed E-state index contributed by atoms with van der Waals surface area (Å²) in [6, 6.07) is -2.09. The van der Waals surface area contributed by atoms with E-state index in [0.717, 1.165) is 7.11 Å². The smallest absolute Gasteiger partial charge is 0.416 e. The molecule has 12 heavy (non-hydrogen) atoms. The number of methoxy groups -OCH3 is 1. The summed E-state index contributed by atoms with van der Waals surface area (Å²) in [6.45, 7) is 0. The molecule has 0 aromatic carbocycles. The number of rotatable bonds is 2. The summed E-state index contributed by atoms with van der Waals surface area (Å²) in [7, 11) is 0.880. The Kier molecular flexibility index (Phi) is 3.47. The second-order valence-corrected chi connectivity index (χ2v) is 2.04. The number of carbonyl (C=O) groups is 1. The summed E-state index contributed by atoms with van der Waals surface area (Å²) in [5.74, 6) is -1.31. The van der Waals surface area contributed by atoms with Gasteiger partial charge in [-0.3, -0.25) is 4.79 Å². The molecular weight excluding hydrogens is 179 g/mol. The van der Waals surface area contributed by atoms with Crippen molar-refractivity contribution in [1.82, 2.24) is 0 Å². The van der Waals surface area contributed by atoms with Crippen molar-refractivity contribution in [3.63, 3.8) is 0 Å². The van der Waals surface area contributed by atoms with Gasteiger partial charge in [-0.2, -0.15) is 13.2 Å². The van der Waals surface area contributed by atoms with Gasteiger partial charge in [-0.1, -0.05) is 0 Å². The zero-order valence-electron chi connectivity index (χ0n) is 6.13. The van der Waals surface area contributed by atoms with Gasteiger partial charge in [-0.05, 0) is 0 Å². The van der Waals surface area contributed by atoms with E-state index >= 15 is 0 Å². The lowest BCUT2D eigenvalue weighted by molar-refractivity contribution is -0.213. The Morgan fingerprint density at radius 3 is 2.25 bits per heavy atom. The third-order valence-corrected chi connectivity index (χ3v) is 1.15. The van der Waals surface area contributed by atoms with Gasteiger partial charge < -0.3 is 15.6 Å². The fraction of sp³-hybridized carbons (Fsp3) is 0.800. The van der Waals surface area contributed by atoms with Crippen LogP contribution >= 0.6 is 0 Å². The first-order chi connectivity index (χ1) is 5.30. The molecule has 0 amide bonds. The Morgan fingerprint density at radius 1 is 1.58 bits per heavy atom. The maximum atomic E-state index is 11.7. The van der Waals surface area contributed by atoms with Gasteiger partial charge in [-0.15, -0.1) is 0 Å². The molecule has 0 saturated heterocycles. The van der Waals surface area contributed by atoms with Crippen molar-refractivity contribution in [1.29, 1.82) is 0 Å². The predicted molar refractivity (Wildman–Crippen MR) is 32.1 cm³/mol. The standard InChI is InChI=1S/C5H8F3NO3/c1-12-4(11)2(9)3(10)5(6,7)8/h2-3,10H,9H2,1H3. The number of hydrogen-bond donors (Lipinski definition) is 2. The second-order valence-electron chi connectivity index (χ2n) is 2.04. The number of nitrogens with two attached hydrogens (primary N) is 1. The molecule has 0 aromatic heterocycles. The van der Waals surface area contributed by atoms with Gasteiger partial charge >= 0.3 is 12.1 Å². The van der Waals surface area contributed by atoms with E-state index in [1.54, 1.807) is 0 Å².